The summed E-state index contributed by atoms with van der Waals surface area (Å²) in [5.41, 5.74) is 3.40. The summed E-state index contributed by atoms with van der Waals surface area (Å²) in [5.74, 6) is 0.650. The van der Waals surface area contributed by atoms with E-state index in [2.05, 4.69) is 30.1 Å². The van der Waals surface area contributed by atoms with Crippen molar-refractivity contribution in [1.82, 2.24) is 9.88 Å². The van der Waals surface area contributed by atoms with Crippen molar-refractivity contribution in [3.8, 4) is 5.75 Å². The number of likely N-dealkylation sites (N-methyl/N-ethyl adjacent to an activating group) is 1. The van der Waals surface area contributed by atoms with Crippen LogP contribution in [0.4, 0.5) is 0 Å². The monoisotopic (exact) mass is 404 g/mol. The standard InChI is InChI=1S/C24H24N2O2S/c1-3-17-10-12-18(13-11-17)28-16-23(27)26(2)24(22-9-6-14-29-22)20-15-25-21-8-5-4-7-19(20)21/h4-15,24-25H,3,16H2,1-2H3/t24-/m1/s1. The molecule has 0 bridgehead atoms. The van der Waals surface area contributed by atoms with Crippen molar-refractivity contribution in [2.24, 2.45) is 0 Å². The highest BCUT2D eigenvalue weighted by Gasteiger charge is 2.27. The molecule has 0 spiro atoms. The maximum Gasteiger partial charge on any atom is 0.261 e. The van der Waals surface area contributed by atoms with Gasteiger partial charge in [0.1, 0.15) is 5.75 Å². The van der Waals surface area contributed by atoms with Gasteiger partial charge in [0.15, 0.2) is 6.61 Å². The number of rotatable bonds is 7. The number of hydrogen-bond donors (Lipinski definition) is 1. The summed E-state index contributed by atoms with van der Waals surface area (Å²) in [4.78, 5) is 19.2. The number of nitrogens with zero attached hydrogens (tertiary/aromatic N) is 1. The second-order valence-electron chi connectivity index (χ2n) is 7.00. The predicted molar refractivity (Wildman–Crippen MR) is 119 cm³/mol. The topological polar surface area (TPSA) is 45.3 Å². The van der Waals surface area contributed by atoms with Gasteiger partial charge < -0.3 is 14.6 Å². The van der Waals surface area contributed by atoms with Gasteiger partial charge in [0.25, 0.3) is 5.91 Å². The Morgan fingerprint density at radius 3 is 2.62 bits per heavy atom. The zero-order valence-corrected chi connectivity index (χ0v) is 17.4. The normalized spacial score (nSPS) is 12.1. The van der Waals surface area contributed by atoms with Gasteiger partial charge in [-0.3, -0.25) is 4.79 Å². The maximum absolute atomic E-state index is 13.0. The minimum absolute atomic E-state index is 0.00615. The van der Waals surface area contributed by atoms with Crippen molar-refractivity contribution in [1.29, 1.82) is 0 Å². The number of carbonyl (C=O) groups is 1. The quantitative estimate of drug-likeness (QED) is 0.447. The van der Waals surface area contributed by atoms with Crippen LogP contribution in [-0.4, -0.2) is 29.4 Å². The van der Waals surface area contributed by atoms with Crippen LogP contribution < -0.4 is 4.74 Å². The van der Waals surface area contributed by atoms with E-state index in [1.165, 1.54) is 5.56 Å². The number of ether oxygens (including phenoxy) is 1. The summed E-state index contributed by atoms with van der Waals surface area (Å²) in [6.45, 7) is 2.12. The summed E-state index contributed by atoms with van der Waals surface area (Å²) < 4.78 is 5.77. The van der Waals surface area contributed by atoms with Gasteiger partial charge in [-0.2, -0.15) is 0 Å². The Morgan fingerprint density at radius 1 is 1.10 bits per heavy atom. The fraction of sp³-hybridized carbons (Fsp3) is 0.208. The molecule has 0 aliphatic rings. The van der Waals surface area contributed by atoms with E-state index in [1.54, 1.807) is 16.2 Å². The summed E-state index contributed by atoms with van der Waals surface area (Å²) in [6, 6.07) is 20.0. The van der Waals surface area contributed by atoms with Crippen molar-refractivity contribution in [2.45, 2.75) is 19.4 Å². The summed E-state index contributed by atoms with van der Waals surface area (Å²) >= 11 is 1.65. The first-order chi connectivity index (χ1) is 14.2. The molecule has 5 heteroatoms. The lowest BCUT2D eigenvalue weighted by Gasteiger charge is -2.27. The van der Waals surface area contributed by atoms with Crippen LogP contribution in [0.15, 0.2) is 72.2 Å². The van der Waals surface area contributed by atoms with Crippen LogP contribution in [0, 0.1) is 0 Å². The third kappa shape index (κ3) is 4.05. The van der Waals surface area contributed by atoms with Crippen LogP contribution in [0.1, 0.15) is 29.0 Å². The second kappa shape index (κ2) is 8.53. The van der Waals surface area contributed by atoms with E-state index in [-0.39, 0.29) is 18.6 Å². The lowest BCUT2D eigenvalue weighted by Crippen LogP contribution is -2.35. The van der Waals surface area contributed by atoms with Crippen molar-refractivity contribution in [2.75, 3.05) is 13.7 Å². The molecule has 4 aromatic rings. The van der Waals surface area contributed by atoms with Gasteiger partial charge in [0, 0.05) is 34.6 Å². The molecule has 0 aliphatic heterocycles. The number of thiophene rings is 1. The average molecular weight is 405 g/mol. The van der Waals surface area contributed by atoms with Gasteiger partial charge in [-0.05, 0) is 41.6 Å². The molecule has 4 rings (SSSR count). The van der Waals surface area contributed by atoms with E-state index in [9.17, 15) is 4.79 Å². The fourth-order valence-corrected chi connectivity index (χ4v) is 4.42. The lowest BCUT2D eigenvalue weighted by atomic mass is 10.0. The second-order valence-corrected chi connectivity index (χ2v) is 7.98. The number of H-pyrrole nitrogens is 1. The van der Waals surface area contributed by atoms with E-state index < -0.39 is 0 Å². The minimum atomic E-state index is -0.162. The minimum Gasteiger partial charge on any atom is -0.484 e. The Kier molecular flexibility index (Phi) is 5.67. The van der Waals surface area contributed by atoms with E-state index in [4.69, 9.17) is 4.74 Å². The third-order valence-electron chi connectivity index (χ3n) is 5.20. The number of aryl methyl sites for hydroxylation is 1. The SMILES string of the molecule is CCc1ccc(OCC(=O)N(C)[C@@H](c2cccs2)c2c[nH]c3ccccc23)cc1. The number of amides is 1. The van der Waals surface area contributed by atoms with Crippen LogP contribution in [0.25, 0.3) is 10.9 Å². The number of aromatic amines is 1. The number of hydrogen-bond acceptors (Lipinski definition) is 3. The number of para-hydroxylation sites is 1. The summed E-state index contributed by atoms with van der Waals surface area (Å²) in [5, 5.41) is 3.17. The largest absolute Gasteiger partial charge is 0.484 e. The average Bonchev–Trinajstić information content (AvgIpc) is 3.43. The number of carbonyl (C=O) groups excluding carboxylic acids is 1. The molecule has 148 valence electrons. The molecule has 0 fully saturated rings. The first kappa shape index (κ1) is 19.3. The van der Waals surface area contributed by atoms with Crippen molar-refractivity contribution in [3.63, 3.8) is 0 Å². The zero-order valence-electron chi connectivity index (χ0n) is 16.6. The molecule has 0 saturated carbocycles. The molecule has 2 aromatic heterocycles. The molecule has 1 amide bonds. The van der Waals surface area contributed by atoms with Crippen LogP contribution >= 0.6 is 11.3 Å². The highest BCUT2D eigenvalue weighted by atomic mass is 32.1. The predicted octanol–water partition coefficient (Wildman–Crippen LogP) is 5.42. The number of aromatic nitrogens is 1. The number of fused-ring (bicyclic) bond motifs is 1. The fourth-order valence-electron chi connectivity index (χ4n) is 3.53. The van der Waals surface area contributed by atoms with Crippen LogP contribution in [0.5, 0.6) is 5.75 Å². The van der Waals surface area contributed by atoms with E-state index in [0.717, 1.165) is 27.8 Å². The Hall–Kier alpha value is -3.05. The molecule has 0 aliphatic carbocycles. The Bertz CT molecular complexity index is 1080. The molecule has 0 radical (unpaired) electrons. The summed E-state index contributed by atoms with van der Waals surface area (Å²) in [7, 11) is 1.85. The highest BCUT2D eigenvalue weighted by molar-refractivity contribution is 7.10. The van der Waals surface area contributed by atoms with Crippen LogP contribution in [-0.2, 0) is 11.2 Å². The molecule has 1 atom stereocenters. The van der Waals surface area contributed by atoms with Crippen molar-refractivity contribution < 1.29 is 9.53 Å². The molecule has 2 heterocycles. The molecule has 1 N–H and O–H groups in total. The van der Waals surface area contributed by atoms with Crippen molar-refractivity contribution >= 4 is 28.1 Å². The molecule has 2 aromatic carbocycles. The number of nitrogens with one attached hydrogen (secondary N) is 1. The van der Waals surface area contributed by atoms with Gasteiger partial charge in [-0.25, -0.2) is 0 Å². The Labute approximate surface area is 174 Å². The van der Waals surface area contributed by atoms with Crippen LogP contribution in [0.2, 0.25) is 0 Å². The van der Waals surface area contributed by atoms with Gasteiger partial charge in [-0.15, -0.1) is 11.3 Å². The van der Waals surface area contributed by atoms with E-state index >= 15 is 0 Å². The first-order valence-electron chi connectivity index (χ1n) is 9.74. The maximum atomic E-state index is 13.0. The molecule has 0 saturated heterocycles. The summed E-state index contributed by atoms with van der Waals surface area (Å²) in [6.07, 6.45) is 2.98. The van der Waals surface area contributed by atoms with E-state index in [1.807, 2.05) is 61.1 Å². The van der Waals surface area contributed by atoms with Crippen LogP contribution in [0.3, 0.4) is 0 Å². The molecular weight excluding hydrogens is 380 g/mol. The molecule has 0 unspecified atom stereocenters. The van der Waals surface area contributed by atoms with Crippen molar-refractivity contribution in [3.05, 3.63) is 88.2 Å². The van der Waals surface area contributed by atoms with Gasteiger partial charge in [0.05, 0.1) is 6.04 Å². The molecular formula is C24H24N2O2S. The third-order valence-corrected chi connectivity index (χ3v) is 6.13. The van der Waals surface area contributed by atoms with Gasteiger partial charge in [-0.1, -0.05) is 43.3 Å². The number of benzene rings is 2. The Balaban J connectivity index is 1.56. The highest BCUT2D eigenvalue weighted by Crippen LogP contribution is 2.35. The van der Waals surface area contributed by atoms with E-state index in [0.29, 0.717) is 5.75 Å². The zero-order chi connectivity index (χ0) is 20.2. The molecule has 4 nitrogen and oxygen atoms in total. The lowest BCUT2D eigenvalue weighted by molar-refractivity contribution is -0.133. The smallest absolute Gasteiger partial charge is 0.261 e. The Morgan fingerprint density at radius 2 is 1.90 bits per heavy atom. The van der Waals surface area contributed by atoms with Gasteiger partial charge in [0.2, 0.25) is 0 Å². The van der Waals surface area contributed by atoms with Gasteiger partial charge >= 0.3 is 0 Å². The first-order valence-corrected chi connectivity index (χ1v) is 10.6. The molecule has 29 heavy (non-hydrogen) atoms.